The summed E-state index contributed by atoms with van der Waals surface area (Å²) in [5, 5.41) is 26.7. The fraction of sp³-hybridized carbons (Fsp3) is 0.571. The molecule has 15 heteroatoms. The first-order valence-corrected chi connectivity index (χ1v) is 13.9. The van der Waals surface area contributed by atoms with Gasteiger partial charge in [-0.15, -0.1) is 15.3 Å². The second kappa shape index (κ2) is 9.30. The molecule has 1 amide bonds. The van der Waals surface area contributed by atoms with E-state index in [2.05, 4.69) is 25.2 Å². The van der Waals surface area contributed by atoms with Crippen molar-refractivity contribution in [1.82, 2.24) is 34.8 Å². The lowest BCUT2D eigenvalue weighted by Gasteiger charge is -2.38. The van der Waals surface area contributed by atoms with Gasteiger partial charge in [-0.3, -0.25) is 4.79 Å². The summed E-state index contributed by atoms with van der Waals surface area (Å²) in [6, 6.07) is 3.12. The van der Waals surface area contributed by atoms with Crippen molar-refractivity contribution in [2.75, 3.05) is 44.3 Å². The Morgan fingerprint density at radius 2 is 1.92 bits per heavy atom. The molecule has 2 aromatic heterocycles. The number of nitrogens with one attached hydrogen (secondary N) is 1. The van der Waals surface area contributed by atoms with Gasteiger partial charge in [-0.25, -0.2) is 13.1 Å². The number of benzene rings is 1. The van der Waals surface area contributed by atoms with Crippen LogP contribution in [0, 0.1) is 5.92 Å². The van der Waals surface area contributed by atoms with E-state index in [4.69, 9.17) is 4.74 Å². The van der Waals surface area contributed by atoms with Crippen LogP contribution in [0.3, 0.4) is 0 Å². The molecule has 5 rings (SSSR count). The first-order chi connectivity index (χ1) is 17.1. The van der Waals surface area contributed by atoms with E-state index in [-0.39, 0.29) is 23.3 Å². The molecule has 13 nitrogen and oxygen atoms in total. The quantitative estimate of drug-likeness (QED) is 0.426. The molecular weight excluding hydrogens is 508 g/mol. The minimum absolute atomic E-state index is 0.0641. The summed E-state index contributed by atoms with van der Waals surface area (Å²) in [6.07, 6.45) is 0. The van der Waals surface area contributed by atoms with Gasteiger partial charge in [-0.2, -0.15) is 4.68 Å². The third-order valence-corrected chi connectivity index (χ3v) is 8.74. The van der Waals surface area contributed by atoms with Gasteiger partial charge in [0.25, 0.3) is 0 Å². The first kappa shape index (κ1) is 25.0. The average Bonchev–Trinajstić information content (AvgIpc) is 3.48. The fourth-order valence-electron chi connectivity index (χ4n) is 4.30. The van der Waals surface area contributed by atoms with Crippen LogP contribution in [0.1, 0.15) is 25.8 Å². The van der Waals surface area contributed by atoms with Crippen LogP contribution in [0.4, 0.5) is 5.69 Å². The van der Waals surface area contributed by atoms with Gasteiger partial charge in [0.1, 0.15) is 16.0 Å². The molecule has 0 bridgehead atoms. The first-order valence-electron chi connectivity index (χ1n) is 11.6. The van der Waals surface area contributed by atoms with Crippen molar-refractivity contribution >= 4 is 44.0 Å². The largest absolute Gasteiger partial charge is 0.389 e. The Hall–Kier alpha value is -2.72. The molecule has 0 spiro atoms. The van der Waals surface area contributed by atoms with Crippen LogP contribution in [0.5, 0.6) is 0 Å². The molecule has 0 unspecified atom stereocenters. The summed E-state index contributed by atoms with van der Waals surface area (Å²) in [7, 11) is -3.91. The van der Waals surface area contributed by atoms with Crippen LogP contribution in [0.15, 0.2) is 17.0 Å². The summed E-state index contributed by atoms with van der Waals surface area (Å²) < 4.78 is 36.2. The molecule has 1 aromatic carbocycles. The lowest BCUT2D eigenvalue weighted by atomic mass is 10.0. The van der Waals surface area contributed by atoms with E-state index in [1.165, 1.54) is 10.7 Å². The smallest absolute Gasteiger partial charge is 0.241 e. The summed E-state index contributed by atoms with van der Waals surface area (Å²) in [5.74, 6) is 0.00783. The van der Waals surface area contributed by atoms with Crippen LogP contribution in [-0.2, 0) is 26.2 Å². The number of sulfonamides is 1. The molecule has 0 radical (unpaired) electrons. The molecule has 0 aliphatic carbocycles. The summed E-state index contributed by atoms with van der Waals surface area (Å²) in [6.45, 7) is 7.96. The Morgan fingerprint density at radius 1 is 1.19 bits per heavy atom. The van der Waals surface area contributed by atoms with Crippen LogP contribution in [0.25, 0.3) is 16.2 Å². The van der Waals surface area contributed by atoms with E-state index in [0.29, 0.717) is 66.3 Å². The van der Waals surface area contributed by atoms with E-state index >= 15 is 0 Å². The van der Waals surface area contributed by atoms with Crippen molar-refractivity contribution in [1.29, 1.82) is 0 Å². The van der Waals surface area contributed by atoms with E-state index in [0.717, 1.165) is 11.3 Å². The van der Waals surface area contributed by atoms with E-state index in [1.807, 2.05) is 23.6 Å². The monoisotopic (exact) mass is 536 g/mol. The molecule has 2 fully saturated rings. The second-order valence-corrected chi connectivity index (χ2v) is 12.3. The minimum Gasteiger partial charge on any atom is -0.389 e. The molecule has 3 aromatic rings. The van der Waals surface area contributed by atoms with Gasteiger partial charge in [-0.1, -0.05) is 30.4 Å². The molecule has 2 saturated heterocycles. The van der Waals surface area contributed by atoms with Crippen molar-refractivity contribution < 1.29 is 23.1 Å². The Bertz CT molecular complexity index is 1390. The fourth-order valence-corrected chi connectivity index (χ4v) is 6.37. The molecule has 4 heterocycles. The molecule has 2 N–H and O–H groups in total. The number of anilines is 1. The van der Waals surface area contributed by atoms with Crippen LogP contribution >= 0.6 is 11.3 Å². The highest BCUT2D eigenvalue weighted by molar-refractivity contribution is 7.89. The van der Waals surface area contributed by atoms with Gasteiger partial charge < -0.3 is 19.6 Å². The van der Waals surface area contributed by atoms with Crippen LogP contribution < -0.4 is 9.62 Å². The number of rotatable bonds is 7. The maximum Gasteiger partial charge on any atom is 0.241 e. The van der Waals surface area contributed by atoms with Gasteiger partial charge >= 0.3 is 0 Å². The number of aromatic nitrogens is 5. The zero-order valence-electron chi connectivity index (χ0n) is 20.2. The normalized spacial score (nSPS) is 18.1. The number of ether oxygens (including phenoxy) is 1. The highest BCUT2D eigenvalue weighted by Crippen LogP contribution is 2.32. The van der Waals surface area contributed by atoms with E-state index in [1.54, 1.807) is 13.0 Å². The Labute approximate surface area is 212 Å². The number of hydrogen-bond donors (Lipinski definition) is 2. The number of hydrogen-bond acceptors (Lipinski definition) is 11. The number of aliphatic hydroxyl groups is 1. The predicted octanol–water partition coefficient (Wildman–Crippen LogP) is 0.136. The van der Waals surface area contributed by atoms with Gasteiger partial charge in [-0.05, 0) is 19.1 Å². The van der Waals surface area contributed by atoms with Crippen molar-refractivity contribution in [3.63, 3.8) is 0 Å². The van der Waals surface area contributed by atoms with Crippen LogP contribution in [0.2, 0.25) is 0 Å². The molecule has 36 heavy (non-hydrogen) atoms. The van der Waals surface area contributed by atoms with Crippen LogP contribution in [-0.4, -0.2) is 94.5 Å². The number of fused-ring (bicyclic) bond motifs is 1. The standard InChI is InChI=1S/C21H28N8O5S2/c1-13(2)19(31)28-6-4-27(5-7-28)15-8-14(36(32,33)25-21(3)11-34-12-21)9-16-18(15)23-26-29(16)20-24-22-17(10-30)35-20/h8-9,13,25,30H,4-7,10-12H2,1-3H3. The lowest BCUT2D eigenvalue weighted by Crippen LogP contribution is -2.59. The summed E-state index contributed by atoms with van der Waals surface area (Å²) >= 11 is 1.14. The highest BCUT2D eigenvalue weighted by Gasteiger charge is 2.38. The summed E-state index contributed by atoms with van der Waals surface area (Å²) in [4.78, 5) is 16.4. The zero-order valence-corrected chi connectivity index (χ0v) is 21.8. The number of nitrogens with zero attached hydrogens (tertiary/aromatic N) is 7. The maximum atomic E-state index is 13.4. The summed E-state index contributed by atoms with van der Waals surface area (Å²) in [5.41, 5.74) is 0.892. The Morgan fingerprint density at radius 3 is 2.50 bits per heavy atom. The average molecular weight is 537 g/mol. The number of amides is 1. The van der Waals surface area contributed by atoms with Gasteiger partial charge in [0, 0.05) is 32.1 Å². The third kappa shape index (κ3) is 4.56. The number of aliphatic hydroxyl groups excluding tert-OH is 1. The number of piperazine rings is 1. The third-order valence-electron chi connectivity index (χ3n) is 6.24. The second-order valence-electron chi connectivity index (χ2n) is 9.57. The number of carbonyl (C=O) groups excluding carboxylic acids is 1. The molecule has 194 valence electrons. The van der Waals surface area contributed by atoms with Crippen molar-refractivity contribution in [2.45, 2.75) is 37.8 Å². The molecule has 0 saturated carbocycles. The van der Waals surface area contributed by atoms with Crippen molar-refractivity contribution in [2.24, 2.45) is 5.92 Å². The Balaban J connectivity index is 1.56. The van der Waals surface area contributed by atoms with Crippen molar-refractivity contribution in [3.8, 4) is 5.13 Å². The molecule has 2 aliphatic rings. The number of carbonyl (C=O) groups is 1. The van der Waals surface area contributed by atoms with Gasteiger partial charge in [0.05, 0.1) is 35.9 Å². The molecular formula is C21H28N8O5S2. The van der Waals surface area contributed by atoms with Gasteiger partial charge in [0.15, 0.2) is 0 Å². The minimum atomic E-state index is -3.91. The predicted molar refractivity (Wildman–Crippen MR) is 131 cm³/mol. The molecule has 2 aliphatic heterocycles. The van der Waals surface area contributed by atoms with Gasteiger partial charge in [0.2, 0.25) is 21.1 Å². The zero-order chi connectivity index (χ0) is 25.7. The van der Waals surface area contributed by atoms with E-state index < -0.39 is 15.6 Å². The SMILES string of the molecule is CC(C)C(=O)N1CCN(c2cc(S(=O)(=O)NC3(C)COC3)cc3c2nnn3-c2nnc(CO)s2)CC1. The highest BCUT2D eigenvalue weighted by atomic mass is 32.2. The lowest BCUT2D eigenvalue weighted by molar-refractivity contribution is -0.134. The topological polar surface area (TPSA) is 156 Å². The maximum absolute atomic E-state index is 13.4. The van der Waals surface area contributed by atoms with E-state index in [9.17, 15) is 18.3 Å². The van der Waals surface area contributed by atoms with Crippen molar-refractivity contribution in [3.05, 3.63) is 17.1 Å². The Kier molecular flexibility index (Phi) is 6.45. The molecule has 0 atom stereocenters.